The Kier molecular flexibility index (Phi) is 8.39. The molecule has 7 N–H and O–H groups in total. The number of carbonyl (C=O) groups is 1. The minimum Gasteiger partial charge on any atom is -0.504 e. The van der Waals surface area contributed by atoms with Crippen LogP contribution in [0.1, 0.15) is 23.6 Å². The molecule has 1 fully saturated rings. The van der Waals surface area contributed by atoms with Gasteiger partial charge in [-0.05, 0) is 42.6 Å². The number of carboxylic acid groups (broad SMARTS) is 1. The van der Waals surface area contributed by atoms with Crippen molar-refractivity contribution < 1.29 is 54.4 Å². The van der Waals surface area contributed by atoms with Crippen LogP contribution in [0.5, 0.6) is 11.5 Å². The van der Waals surface area contributed by atoms with E-state index in [1.165, 1.54) is 13.2 Å². The molecule has 0 aliphatic carbocycles. The highest BCUT2D eigenvalue weighted by Gasteiger charge is 2.48. The monoisotopic (exact) mass is 523 g/mol. The summed E-state index contributed by atoms with van der Waals surface area (Å²) in [6.07, 6.45) is -5.08. The molecule has 12 nitrogen and oxygen atoms in total. The van der Waals surface area contributed by atoms with Crippen molar-refractivity contribution in [1.29, 1.82) is 0 Å². The maximum atomic E-state index is 12.1. The van der Waals surface area contributed by atoms with E-state index in [9.17, 15) is 35.4 Å². The number of carboxylic acids is 1. The van der Waals surface area contributed by atoms with E-state index in [1.807, 2.05) is 0 Å². The van der Waals surface area contributed by atoms with Crippen LogP contribution in [0.4, 0.5) is 0 Å². The molecule has 1 saturated heterocycles. The van der Waals surface area contributed by atoms with Crippen molar-refractivity contribution in [3.8, 4) is 11.5 Å². The fourth-order valence-electron chi connectivity index (χ4n) is 5.21. The topological polar surface area (TPSA) is 187 Å². The number of fused-ring (bicyclic) bond motifs is 1. The average Bonchev–Trinajstić information content (AvgIpc) is 2.88. The first-order valence-corrected chi connectivity index (χ1v) is 12.0. The van der Waals surface area contributed by atoms with E-state index < -0.39 is 61.4 Å². The molecule has 0 amide bonds. The zero-order valence-corrected chi connectivity index (χ0v) is 20.3. The number of ether oxygens (including phenoxy) is 4. The van der Waals surface area contributed by atoms with Gasteiger partial charge in [-0.25, -0.2) is 4.79 Å². The molecule has 3 aliphatic heterocycles. The summed E-state index contributed by atoms with van der Waals surface area (Å²) in [5.41, 5.74) is 1.78. The van der Waals surface area contributed by atoms with Crippen LogP contribution in [0.25, 0.3) is 0 Å². The van der Waals surface area contributed by atoms with Gasteiger partial charge in [-0.3, -0.25) is 0 Å². The fraction of sp³-hybridized carbons (Fsp3) is 0.560. The molecule has 0 saturated carbocycles. The van der Waals surface area contributed by atoms with E-state index in [2.05, 4.69) is 11.9 Å². The number of phenols is 1. The lowest BCUT2D eigenvalue weighted by Crippen LogP contribution is -2.60. The van der Waals surface area contributed by atoms with E-state index in [-0.39, 0.29) is 17.4 Å². The lowest BCUT2D eigenvalue weighted by atomic mass is 9.77. The van der Waals surface area contributed by atoms with Crippen molar-refractivity contribution in [2.75, 3.05) is 20.3 Å². The van der Waals surface area contributed by atoms with E-state index in [0.29, 0.717) is 25.1 Å². The van der Waals surface area contributed by atoms with Crippen LogP contribution < -0.4 is 10.1 Å². The van der Waals surface area contributed by atoms with Crippen LogP contribution >= 0.6 is 0 Å². The average molecular weight is 524 g/mol. The molecule has 9 atom stereocenters. The third kappa shape index (κ3) is 5.32. The number of aliphatic hydroxyl groups is 4. The van der Waals surface area contributed by atoms with Crippen LogP contribution in [0.15, 0.2) is 36.6 Å². The smallest absolute Gasteiger partial charge is 0.334 e. The molecule has 0 bridgehead atoms. The SMILES string of the molecule is C=CC1C(OC2OC(CO)C(O)C(O)C2O)OC=C(C(=O)O)C1CC1NCCc2cc(O)c(OC)cc21. The summed E-state index contributed by atoms with van der Waals surface area (Å²) in [5, 5.41) is 63.5. The summed E-state index contributed by atoms with van der Waals surface area (Å²) in [4.78, 5) is 12.1. The Morgan fingerprint density at radius 1 is 1.22 bits per heavy atom. The van der Waals surface area contributed by atoms with Crippen molar-refractivity contribution in [2.45, 2.75) is 55.9 Å². The molecule has 12 heteroatoms. The van der Waals surface area contributed by atoms with Crippen molar-refractivity contribution >= 4 is 5.97 Å². The Hall–Kier alpha value is -2.71. The number of nitrogens with one attached hydrogen (secondary N) is 1. The van der Waals surface area contributed by atoms with Gasteiger partial charge in [0, 0.05) is 17.9 Å². The summed E-state index contributed by atoms with van der Waals surface area (Å²) in [6.45, 7) is 3.83. The Morgan fingerprint density at radius 3 is 2.62 bits per heavy atom. The summed E-state index contributed by atoms with van der Waals surface area (Å²) in [7, 11) is 1.45. The second-order valence-corrected chi connectivity index (χ2v) is 9.35. The standard InChI is InChI=1S/C25H33NO11/c1-3-12-14(7-16-13-8-18(34-2)17(28)6-11(13)4-5-26-16)15(23(32)33)10-35-24(12)37-25-22(31)21(30)20(29)19(9-27)36-25/h3,6,8,10,12,14,16,19-22,24-31H,1,4-5,7,9H2,2H3,(H,32,33). The first kappa shape index (κ1) is 27.3. The number of hydrogen-bond donors (Lipinski definition) is 7. The number of aromatic hydroxyl groups is 1. The fourth-order valence-corrected chi connectivity index (χ4v) is 5.21. The summed E-state index contributed by atoms with van der Waals surface area (Å²) in [5.74, 6) is -2.22. The van der Waals surface area contributed by atoms with Crippen molar-refractivity contribution in [3.63, 3.8) is 0 Å². The van der Waals surface area contributed by atoms with Gasteiger partial charge in [-0.2, -0.15) is 0 Å². The van der Waals surface area contributed by atoms with Gasteiger partial charge in [-0.1, -0.05) is 6.08 Å². The normalized spacial score (nSPS) is 35.6. The quantitative estimate of drug-likeness (QED) is 0.218. The number of rotatable bonds is 8. The lowest BCUT2D eigenvalue weighted by Gasteiger charge is -2.43. The molecule has 1 aromatic carbocycles. The van der Waals surface area contributed by atoms with E-state index in [4.69, 9.17) is 18.9 Å². The van der Waals surface area contributed by atoms with E-state index in [0.717, 1.165) is 17.4 Å². The van der Waals surface area contributed by atoms with E-state index >= 15 is 0 Å². The highest BCUT2D eigenvalue weighted by molar-refractivity contribution is 5.87. The largest absolute Gasteiger partial charge is 0.504 e. The molecule has 4 rings (SSSR count). The highest BCUT2D eigenvalue weighted by atomic mass is 16.8. The molecule has 0 radical (unpaired) electrons. The molecular weight excluding hydrogens is 490 g/mol. The predicted octanol–water partition coefficient (Wildman–Crippen LogP) is -0.463. The lowest BCUT2D eigenvalue weighted by molar-refractivity contribution is -0.339. The number of hydrogen-bond acceptors (Lipinski definition) is 11. The first-order valence-electron chi connectivity index (χ1n) is 12.0. The van der Waals surface area contributed by atoms with Gasteiger partial charge in [0.15, 0.2) is 17.8 Å². The molecule has 9 unspecified atom stereocenters. The Labute approximate surface area is 213 Å². The van der Waals surface area contributed by atoms with Crippen LogP contribution in [0.3, 0.4) is 0 Å². The Morgan fingerprint density at radius 2 is 1.97 bits per heavy atom. The second kappa shape index (κ2) is 11.4. The van der Waals surface area contributed by atoms with Gasteiger partial charge in [0.1, 0.15) is 24.4 Å². The summed E-state index contributed by atoms with van der Waals surface area (Å²) in [6, 6.07) is 3.09. The van der Waals surface area contributed by atoms with Crippen molar-refractivity contribution in [2.24, 2.45) is 11.8 Å². The van der Waals surface area contributed by atoms with Crippen LogP contribution in [0, 0.1) is 11.8 Å². The predicted molar refractivity (Wildman–Crippen MR) is 126 cm³/mol. The molecule has 204 valence electrons. The molecule has 37 heavy (non-hydrogen) atoms. The maximum Gasteiger partial charge on any atom is 0.334 e. The van der Waals surface area contributed by atoms with Gasteiger partial charge in [0.25, 0.3) is 0 Å². The number of phenolic OH excluding ortho intramolecular Hbond substituents is 1. The minimum atomic E-state index is -1.65. The molecule has 0 aromatic heterocycles. The third-order valence-corrected chi connectivity index (χ3v) is 7.23. The number of aliphatic hydroxyl groups excluding tert-OH is 4. The Bertz CT molecular complexity index is 1030. The molecule has 3 aliphatic rings. The van der Waals surface area contributed by atoms with Gasteiger partial charge < -0.3 is 54.9 Å². The minimum absolute atomic E-state index is 0.00165. The highest BCUT2D eigenvalue weighted by Crippen LogP contribution is 2.42. The molecular formula is C25H33NO11. The summed E-state index contributed by atoms with van der Waals surface area (Å²) >= 11 is 0. The molecule has 1 aromatic rings. The summed E-state index contributed by atoms with van der Waals surface area (Å²) < 4.78 is 22.1. The zero-order valence-electron chi connectivity index (χ0n) is 20.3. The number of benzene rings is 1. The van der Waals surface area contributed by atoms with Crippen molar-refractivity contribution in [3.05, 3.63) is 47.7 Å². The maximum absolute atomic E-state index is 12.1. The van der Waals surface area contributed by atoms with Crippen molar-refractivity contribution in [1.82, 2.24) is 5.32 Å². The van der Waals surface area contributed by atoms with Crippen LogP contribution in [0.2, 0.25) is 0 Å². The van der Waals surface area contributed by atoms with Gasteiger partial charge >= 0.3 is 5.97 Å². The number of aliphatic carboxylic acids is 1. The zero-order chi connectivity index (χ0) is 26.9. The van der Waals surface area contributed by atoms with Gasteiger partial charge in [-0.15, -0.1) is 6.58 Å². The van der Waals surface area contributed by atoms with Gasteiger partial charge in [0.2, 0.25) is 6.29 Å². The number of methoxy groups -OCH3 is 1. The van der Waals surface area contributed by atoms with Crippen LogP contribution in [-0.2, 0) is 25.4 Å². The molecule has 3 heterocycles. The Balaban J connectivity index is 1.60. The second-order valence-electron chi connectivity index (χ2n) is 9.35. The van der Waals surface area contributed by atoms with E-state index in [1.54, 1.807) is 12.1 Å². The third-order valence-electron chi connectivity index (χ3n) is 7.23. The first-order chi connectivity index (χ1) is 17.7. The van der Waals surface area contributed by atoms with Gasteiger partial charge in [0.05, 0.1) is 25.6 Å². The molecule has 0 spiro atoms. The van der Waals surface area contributed by atoms with Crippen LogP contribution in [-0.4, -0.2) is 93.9 Å².